The van der Waals surface area contributed by atoms with Gasteiger partial charge in [-0.1, -0.05) is 0 Å². The summed E-state index contributed by atoms with van der Waals surface area (Å²) in [5.41, 5.74) is -1.44. The molecule has 0 aromatic heterocycles. The highest BCUT2D eigenvalue weighted by Gasteiger charge is 2.58. The van der Waals surface area contributed by atoms with Gasteiger partial charge in [-0.15, -0.1) is 0 Å². The number of likely N-dealkylation sites (tertiary alicyclic amines) is 1. The Morgan fingerprint density at radius 3 is 2.38 bits per heavy atom. The fraction of sp³-hybridized carbons (Fsp3) is 0.867. The first-order chi connectivity index (χ1) is 9.44. The molecule has 0 aromatic carbocycles. The summed E-state index contributed by atoms with van der Waals surface area (Å²) in [6.07, 6.45) is 0.186. The number of rotatable bonds is 1. The van der Waals surface area contributed by atoms with Crippen LogP contribution in [0.3, 0.4) is 0 Å². The molecule has 0 aromatic rings. The normalized spacial score (nSPS) is 31.7. The summed E-state index contributed by atoms with van der Waals surface area (Å²) in [4.78, 5) is 25.3. The number of aliphatic carboxylic acids is 1. The van der Waals surface area contributed by atoms with Crippen LogP contribution >= 0.6 is 0 Å². The smallest absolute Gasteiger partial charge is 0.410 e. The lowest BCUT2D eigenvalue weighted by Gasteiger charge is -2.27. The van der Waals surface area contributed by atoms with Gasteiger partial charge in [-0.05, 0) is 41.0 Å². The molecule has 2 saturated heterocycles. The van der Waals surface area contributed by atoms with Crippen molar-refractivity contribution < 1.29 is 24.2 Å². The summed E-state index contributed by atoms with van der Waals surface area (Å²) in [7, 11) is 0. The van der Waals surface area contributed by atoms with Gasteiger partial charge in [0.25, 0.3) is 0 Å². The molecule has 6 nitrogen and oxygen atoms in total. The number of carbonyl (C=O) groups excluding carboxylic acids is 1. The molecule has 2 rings (SSSR count). The highest BCUT2D eigenvalue weighted by atomic mass is 16.6. The van der Waals surface area contributed by atoms with E-state index < -0.39 is 29.0 Å². The van der Waals surface area contributed by atoms with Crippen molar-refractivity contribution in [1.82, 2.24) is 4.90 Å². The van der Waals surface area contributed by atoms with Crippen molar-refractivity contribution >= 4 is 12.1 Å². The number of hydrogen-bond donors (Lipinski definition) is 1. The fourth-order valence-electron chi connectivity index (χ4n) is 3.39. The predicted octanol–water partition coefficient (Wildman–Crippen LogP) is 2.12. The summed E-state index contributed by atoms with van der Waals surface area (Å²) >= 11 is 0. The molecule has 120 valence electrons. The molecule has 2 aliphatic rings. The Balaban J connectivity index is 2.17. The number of hydrogen-bond acceptors (Lipinski definition) is 4. The molecular weight excluding hydrogens is 274 g/mol. The van der Waals surface area contributed by atoms with Crippen molar-refractivity contribution in [2.45, 2.75) is 52.2 Å². The number of carbonyl (C=O) groups is 2. The van der Waals surface area contributed by atoms with Crippen LogP contribution in [-0.4, -0.2) is 53.0 Å². The van der Waals surface area contributed by atoms with Crippen molar-refractivity contribution in [2.24, 2.45) is 11.3 Å². The van der Waals surface area contributed by atoms with E-state index in [-0.39, 0.29) is 12.1 Å². The lowest BCUT2D eigenvalue weighted by Crippen LogP contribution is -2.38. The average Bonchev–Trinajstić information content (AvgIpc) is 2.78. The molecule has 0 aliphatic carbocycles. The first kappa shape index (κ1) is 16.1. The third-order valence-electron chi connectivity index (χ3n) is 4.13. The lowest BCUT2D eigenvalue weighted by atomic mass is 9.74. The quantitative estimate of drug-likeness (QED) is 0.802. The predicted molar refractivity (Wildman–Crippen MR) is 76.0 cm³/mol. The number of amides is 1. The Bertz CT molecular complexity index is 453. The number of nitrogens with zero attached hydrogens (tertiary/aromatic N) is 1. The largest absolute Gasteiger partial charge is 0.481 e. The van der Waals surface area contributed by atoms with Crippen molar-refractivity contribution in [3.8, 4) is 0 Å². The summed E-state index contributed by atoms with van der Waals surface area (Å²) in [5, 5.41) is 9.51. The lowest BCUT2D eigenvalue weighted by molar-refractivity contribution is -0.144. The van der Waals surface area contributed by atoms with Crippen LogP contribution in [0.5, 0.6) is 0 Å². The van der Waals surface area contributed by atoms with E-state index in [0.717, 1.165) is 0 Å². The minimum Gasteiger partial charge on any atom is -0.481 e. The second-order valence-electron chi connectivity index (χ2n) is 7.84. The minimum absolute atomic E-state index is 0.184. The molecule has 0 bridgehead atoms. The molecule has 0 saturated carbocycles. The van der Waals surface area contributed by atoms with Gasteiger partial charge in [0, 0.05) is 18.5 Å². The SMILES string of the molecule is CC(C)(C)OC(=O)N1CC(C(=O)O)C2(COC(C)(C)C2)C1. The maximum Gasteiger partial charge on any atom is 0.410 e. The van der Waals surface area contributed by atoms with Crippen LogP contribution in [-0.2, 0) is 14.3 Å². The average molecular weight is 299 g/mol. The van der Waals surface area contributed by atoms with Gasteiger partial charge in [-0.2, -0.15) is 0 Å². The van der Waals surface area contributed by atoms with E-state index in [0.29, 0.717) is 19.6 Å². The molecule has 0 radical (unpaired) electrons. The Labute approximate surface area is 125 Å². The Morgan fingerprint density at radius 1 is 1.33 bits per heavy atom. The molecule has 1 N–H and O–H groups in total. The van der Waals surface area contributed by atoms with Gasteiger partial charge in [0.1, 0.15) is 5.60 Å². The Morgan fingerprint density at radius 2 is 1.95 bits per heavy atom. The third kappa shape index (κ3) is 3.31. The molecule has 1 amide bonds. The summed E-state index contributed by atoms with van der Waals surface area (Å²) in [5.74, 6) is -1.48. The standard InChI is InChI=1S/C15H25NO5/c1-13(2,3)21-12(19)16-6-10(11(17)18)15(8-16)7-14(4,5)20-9-15/h10H,6-9H2,1-5H3,(H,17,18). The van der Waals surface area contributed by atoms with E-state index in [2.05, 4.69) is 0 Å². The number of carboxylic acid groups (broad SMARTS) is 1. The van der Waals surface area contributed by atoms with Crippen LogP contribution in [0, 0.1) is 11.3 Å². The number of ether oxygens (including phenoxy) is 2. The van der Waals surface area contributed by atoms with Gasteiger partial charge in [0.2, 0.25) is 0 Å². The van der Waals surface area contributed by atoms with Crippen molar-refractivity contribution in [3.63, 3.8) is 0 Å². The van der Waals surface area contributed by atoms with Gasteiger partial charge in [-0.25, -0.2) is 4.79 Å². The van der Waals surface area contributed by atoms with Gasteiger partial charge in [0.05, 0.1) is 18.1 Å². The Kier molecular flexibility index (Phi) is 3.72. The monoisotopic (exact) mass is 299 g/mol. The molecule has 2 atom stereocenters. The molecule has 1 spiro atoms. The zero-order valence-electron chi connectivity index (χ0n) is 13.4. The van der Waals surface area contributed by atoms with E-state index in [4.69, 9.17) is 9.47 Å². The topological polar surface area (TPSA) is 76.1 Å². The molecule has 21 heavy (non-hydrogen) atoms. The maximum absolute atomic E-state index is 12.2. The van der Waals surface area contributed by atoms with Gasteiger partial charge in [-0.3, -0.25) is 4.79 Å². The highest BCUT2D eigenvalue weighted by molar-refractivity contribution is 5.75. The van der Waals surface area contributed by atoms with Crippen LogP contribution in [0.4, 0.5) is 4.79 Å². The van der Waals surface area contributed by atoms with Crippen LogP contribution in [0.2, 0.25) is 0 Å². The first-order valence-electron chi connectivity index (χ1n) is 7.29. The molecule has 2 aliphatic heterocycles. The van der Waals surface area contributed by atoms with E-state index in [1.165, 1.54) is 4.90 Å². The van der Waals surface area contributed by atoms with Crippen LogP contribution < -0.4 is 0 Å². The van der Waals surface area contributed by atoms with Gasteiger partial charge >= 0.3 is 12.1 Å². The van der Waals surface area contributed by atoms with Gasteiger partial charge < -0.3 is 19.5 Å². The van der Waals surface area contributed by atoms with E-state index in [1.807, 2.05) is 13.8 Å². The fourth-order valence-corrected chi connectivity index (χ4v) is 3.39. The zero-order valence-corrected chi connectivity index (χ0v) is 13.4. The second-order valence-corrected chi connectivity index (χ2v) is 7.84. The molecular formula is C15H25NO5. The van der Waals surface area contributed by atoms with Crippen molar-refractivity contribution in [1.29, 1.82) is 0 Å². The van der Waals surface area contributed by atoms with Gasteiger partial charge in [0.15, 0.2) is 0 Å². The maximum atomic E-state index is 12.2. The van der Waals surface area contributed by atoms with E-state index in [9.17, 15) is 14.7 Å². The third-order valence-corrected chi connectivity index (χ3v) is 4.13. The van der Waals surface area contributed by atoms with Crippen LogP contribution in [0.1, 0.15) is 41.0 Å². The minimum atomic E-state index is -0.873. The van der Waals surface area contributed by atoms with Crippen LogP contribution in [0.15, 0.2) is 0 Å². The highest BCUT2D eigenvalue weighted by Crippen LogP contribution is 2.49. The van der Waals surface area contributed by atoms with E-state index in [1.54, 1.807) is 20.8 Å². The van der Waals surface area contributed by atoms with Crippen LogP contribution in [0.25, 0.3) is 0 Å². The van der Waals surface area contributed by atoms with Crippen molar-refractivity contribution in [3.05, 3.63) is 0 Å². The summed E-state index contributed by atoms with van der Waals surface area (Å²) < 4.78 is 11.1. The Hall–Kier alpha value is -1.30. The van der Waals surface area contributed by atoms with Crippen molar-refractivity contribution in [2.75, 3.05) is 19.7 Å². The number of carboxylic acids is 1. The summed E-state index contributed by atoms with van der Waals surface area (Å²) in [6.45, 7) is 10.2. The second kappa shape index (κ2) is 4.87. The molecule has 2 fully saturated rings. The molecule has 6 heteroatoms. The molecule has 2 heterocycles. The summed E-state index contributed by atoms with van der Waals surface area (Å²) in [6, 6.07) is 0. The molecule has 2 unspecified atom stereocenters. The first-order valence-corrected chi connectivity index (χ1v) is 7.29. The van der Waals surface area contributed by atoms with E-state index >= 15 is 0 Å². The zero-order chi connectivity index (χ0) is 16.1.